The molecule has 0 spiro atoms. The molecule has 1 saturated heterocycles. The summed E-state index contributed by atoms with van der Waals surface area (Å²) in [5, 5.41) is 3.50. The van der Waals surface area contributed by atoms with E-state index in [1.165, 1.54) is 0 Å². The van der Waals surface area contributed by atoms with Gasteiger partial charge in [-0.05, 0) is 62.7 Å². The molecule has 1 N–H and O–H groups in total. The Morgan fingerprint density at radius 1 is 1.17 bits per heavy atom. The van der Waals surface area contributed by atoms with Crippen molar-refractivity contribution in [1.29, 1.82) is 0 Å². The van der Waals surface area contributed by atoms with Crippen molar-refractivity contribution in [2.45, 2.75) is 44.9 Å². The highest BCUT2D eigenvalue weighted by atomic mass is 16.6. The SMILES string of the molecule is COc1ccc(C(Nc2cccc(C(=O)OC(C)(C)C)c2)c2cccnc2)nc1O[C@@H]1CCOC1. The molecular formula is C27H31N3O5. The van der Waals surface area contributed by atoms with Gasteiger partial charge in [-0.3, -0.25) is 4.98 Å². The topological polar surface area (TPSA) is 91.8 Å². The highest BCUT2D eigenvalue weighted by molar-refractivity contribution is 5.90. The predicted molar refractivity (Wildman–Crippen MR) is 132 cm³/mol. The first-order valence-corrected chi connectivity index (χ1v) is 11.6. The molecule has 4 rings (SSSR count). The highest BCUT2D eigenvalue weighted by Crippen LogP contribution is 2.32. The van der Waals surface area contributed by atoms with E-state index in [1.54, 1.807) is 31.6 Å². The summed E-state index contributed by atoms with van der Waals surface area (Å²) in [6.45, 7) is 6.73. The lowest BCUT2D eigenvalue weighted by atomic mass is 10.0. The number of nitrogens with zero attached hydrogens (tertiary/aromatic N) is 2. The molecule has 35 heavy (non-hydrogen) atoms. The number of hydrogen-bond donors (Lipinski definition) is 1. The smallest absolute Gasteiger partial charge is 0.338 e. The first-order valence-electron chi connectivity index (χ1n) is 11.6. The number of hydrogen-bond acceptors (Lipinski definition) is 8. The zero-order valence-corrected chi connectivity index (χ0v) is 20.5. The van der Waals surface area contributed by atoms with Gasteiger partial charge in [0, 0.05) is 24.5 Å². The third-order valence-corrected chi connectivity index (χ3v) is 5.35. The van der Waals surface area contributed by atoms with Crippen LogP contribution in [0.15, 0.2) is 60.9 Å². The lowest BCUT2D eigenvalue weighted by Crippen LogP contribution is -2.24. The third kappa shape index (κ3) is 6.48. The molecule has 1 aromatic carbocycles. The fourth-order valence-corrected chi connectivity index (χ4v) is 3.72. The number of carbonyl (C=O) groups excluding carboxylic acids is 1. The van der Waals surface area contributed by atoms with Gasteiger partial charge in [-0.2, -0.15) is 0 Å². The zero-order chi connectivity index (χ0) is 24.8. The number of esters is 1. The van der Waals surface area contributed by atoms with Gasteiger partial charge in [0.15, 0.2) is 5.75 Å². The van der Waals surface area contributed by atoms with Crippen LogP contribution in [0.4, 0.5) is 5.69 Å². The molecule has 1 aliphatic rings. The summed E-state index contributed by atoms with van der Waals surface area (Å²) in [6, 6.07) is 14.4. The van der Waals surface area contributed by atoms with Gasteiger partial charge in [-0.15, -0.1) is 0 Å². The highest BCUT2D eigenvalue weighted by Gasteiger charge is 2.24. The van der Waals surface area contributed by atoms with E-state index >= 15 is 0 Å². The molecule has 1 unspecified atom stereocenters. The maximum absolute atomic E-state index is 12.6. The van der Waals surface area contributed by atoms with Crippen molar-refractivity contribution < 1.29 is 23.7 Å². The summed E-state index contributed by atoms with van der Waals surface area (Å²) in [6.07, 6.45) is 4.24. The fraction of sp³-hybridized carbons (Fsp3) is 0.370. The minimum atomic E-state index is -0.577. The Balaban J connectivity index is 1.65. The molecule has 0 amide bonds. The molecule has 2 atom stereocenters. The van der Waals surface area contributed by atoms with Crippen LogP contribution in [-0.2, 0) is 9.47 Å². The summed E-state index contributed by atoms with van der Waals surface area (Å²) in [4.78, 5) is 21.7. The van der Waals surface area contributed by atoms with Gasteiger partial charge in [0.05, 0.1) is 37.6 Å². The molecule has 1 aliphatic heterocycles. The van der Waals surface area contributed by atoms with E-state index in [0.29, 0.717) is 30.4 Å². The second-order valence-corrected chi connectivity index (χ2v) is 9.29. The Morgan fingerprint density at radius 3 is 2.71 bits per heavy atom. The van der Waals surface area contributed by atoms with Gasteiger partial charge < -0.3 is 24.3 Å². The van der Waals surface area contributed by atoms with Crippen LogP contribution in [0.1, 0.15) is 54.8 Å². The van der Waals surface area contributed by atoms with Gasteiger partial charge in [-0.25, -0.2) is 9.78 Å². The normalized spacial score (nSPS) is 16.4. The van der Waals surface area contributed by atoms with Gasteiger partial charge in [-0.1, -0.05) is 12.1 Å². The molecule has 8 nitrogen and oxygen atoms in total. The van der Waals surface area contributed by atoms with E-state index in [2.05, 4.69) is 10.3 Å². The lowest BCUT2D eigenvalue weighted by Gasteiger charge is -2.23. The number of aromatic nitrogens is 2. The molecule has 1 fully saturated rings. The summed E-state index contributed by atoms with van der Waals surface area (Å²) in [5.41, 5.74) is 2.25. The van der Waals surface area contributed by atoms with Crippen LogP contribution in [0.25, 0.3) is 0 Å². The number of pyridine rings is 2. The van der Waals surface area contributed by atoms with Gasteiger partial charge >= 0.3 is 5.97 Å². The molecule has 3 heterocycles. The number of nitrogens with one attached hydrogen (secondary N) is 1. The second kappa shape index (κ2) is 10.7. The number of ether oxygens (including phenoxy) is 4. The molecule has 0 bridgehead atoms. The van der Waals surface area contributed by atoms with Crippen molar-refractivity contribution in [3.63, 3.8) is 0 Å². The van der Waals surface area contributed by atoms with Gasteiger partial charge in [0.1, 0.15) is 11.7 Å². The number of rotatable bonds is 8. The van der Waals surface area contributed by atoms with E-state index in [9.17, 15) is 4.79 Å². The average molecular weight is 478 g/mol. The second-order valence-electron chi connectivity index (χ2n) is 9.29. The molecule has 0 aliphatic carbocycles. The van der Waals surface area contributed by atoms with Crippen LogP contribution in [-0.4, -0.2) is 48.0 Å². The molecule has 2 aromatic heterocycles. The predicted octanol–water partition coefficient (Wildman–Crippen LogP) is 4.81. The van der Waals surface area contributed by atoms with Crippen LogP contribution in [0, 0.1) is 0 Å². The van der Waals surface area contributed by atoms with Crippen LogP contribution >= 0.6 is 0 Å². The standard InChI is InChI=1S/C27H31N3O5/c1-27(2,3)35-26(31)18-7-5-9-20(15-18)29-24(19-8-6-13-28-16-19)22-10-11-23(32-4)25(30-22)34-21-12-14-33-17-21/h5-11,13,15-16,21,24,29H,12,14,17H2,1-4H3/t21-,24?/m1/s1. The van der Waals surface area contributed by atoms with E-state index in [4.69, 9.17) is 23.9 Å². The molecule has 0 saturated carbocycles. The van der Waals surface area contributed by atoms with Gasteiger partial charge in [0.2, 0.25) is 0 Å². The third-order valence-electron chi connectivity index (χ3n) is 5.35. The van der Waals surface area contributed by atoms with Gasteiger partial charge in [0.25, 0.3) is 5.88 Å². The van der Waals surface area contributed by atoms with Crippen molar-refractivity contribution in [3.8, 4) is 11.6 Å². The Morgan fingerprint density at radius 2 is 2.03 bits per heavy atom. The van der Waals surface area contributed by atoms with Crippen molar-refractivity contribution in [3.05, 3.63) is 77.7 Å². The minimum absolute atomic E-state index is 0.0676. The minimum Gasteiger partial charge on any atom is -0.491 e. The largest absolute Gasteiger partial charge is 0.491 e. The monoisotopic (exact) mass is 477 g/mol. The first kappa shape index (κ1) is 24.5. The fourth-order valence-electron chi connectivity index (χ4n) is 3.72. The van der Waals surface area contributed by atoms with E-state index in [0.717, 1.165) is 23.4 Å². The van der Waals surface area contributed by atoms with Crippen LogP contribution in [0.3, 0.4) is 0 Å². The Bertz CT molecular complexity index is 1140. The number of benzene rings is 1. The Hall–Kier alpha value is -3.65. The Kier molecular flexibility index (Phi) is 7.51. The van der Waals surface area contributed by atoms with Crippen molar-refractivity contribution in [2.24, 2.45) is 0 Å². The first-order chi connectivity index (χ1) is 16.8. The number of anilines is 1. The number of carbonyl (C=O) groups is 1. The number of methoxy groups -OCH3 is 1. The van der Waals surface area contributed by atoms with Crippen LogP contribution in [0.5, 0.6) is 11.6 Å². The van der Waals surface area contributed by atoms with E-state index in [1.807, 2.05) is 57.2 Å². The summed E-state index contributed by atoms with van der Waals surface area (Å²) < 4.78 is 22.6. The van der Waals surface area contributed by atoms with E-state index < -0.39 is 5.60 Å². The average Bonchev–Trinajstić information content (AvgIpc) is 3.35. The maximum Gasteiger partial charge on any atom is 0.338 e. The summed E-state index contributed by atoms with van der Waals surface area (Å²) in [5.74, 6) is 0.590. The van der Waals surface area contributed by atoms with Crippen molar-refractivity contribution in [2.75, 3.05) is 25.6 Å². The lowest BCUT2D eigenvalue weighted by molar-refractivity contribution is 0.00695. The van der Waals surface area contributed by atoms with Crippen molar-refractivity contribution >= 4 is 11.7 Å². The zero-order valence-electron chi connectivity index (χ0n) is 20.5. The molecule has 0 radical (unpaired) electrons. The summed E-state index contributed by atoms with van der Waals surface area (Å²) in [7, 11) is 1.59. The van der Waals surface area contributed by atoms with Crippen LogP contribution in [0.2, 0.25) is 0 Å². The molecule has 3 aromatic rings. The van der Waals surface area contributed by atoms with Crippen LogP contribution < -0.4 is 14.8 Å². The summed E-state index contributed by atoms with van der Waals surface area (Å²) >= 11 is 0. The van der Waals surface area contributed by atoms with Crippen molar-refractivity contribution in [1.82, 2.24) is 9.97 Å². The molecule has 8 heteroatoms. The molecular weight excluding hydrogens is 446 g/mol. The van der Waals surface area contributed by atoms with E-state index in [-0.39, 0.29) is 18.1 Å². The maximum atomic E-state index is 12.6. The quantitative estimate of drug-likeness (QED) is 0.462. The molecule has 184 valence electrons. The Labute approximate surface area is 205 Å².